The molecule has 1 atom stereocenters. The van der Waals surface area contributed by atoms with Crippen LogP contribution in [-0.2, 0) is 13.6 Å². The summed E-state index contributed by atoms with van der Waals surface area (Å²) in [6, 6.07) is 6.25. The summed E-state index contributed by atoms with van der Waals surface area (Å²) in [6.07, 6.45) is 3.56. The molecule has 1 aromatic carbocycles. The van der Waals surface area contributed by atoms with E-state index in [0.717, 1.165) is 47.7 Å². The van der Waals surface area contributed by atoms with Crippen molar-refractivity contribution in [3.63, 3.8) is 0 Å². The van der Waals surface area contributed by atoms with Gasteiger partial charge in [-0.2, -0.15) is 5.10 Å². The molecule has 1 saturated heterocycles. The van der Waals surface area contributed by atoms with Gasteiger partial charge < -0.3 is 5.73 Å². The number of halogens is 1. The van der Waals surface area contributed by atoms with E-state index in [0.29, 0.717) is 0 Å². The van der Waals surface area contributed by atoms with Gasteiger partial charge >= 0.3 is 0 Å². The van der Waals surface area contributed by atoms with Gasteiger partial charge in [0.25, 0.3) is 0 Å². The number of nitrogens with two attached hydrogens (primary N) is 1. The second-order valence-corrected chi connectivity index (χ2v) is 6.10. The molecular weight excluding hydrogens is 272 g/mol. The summed E-state index contributed by atoms with van der Waals surface area (Å²) in [5, 5.41) is 6.51. The number of hydrogen-bond donors (Lipinski definition) is 1. The van der Waals surface area contributed by atoms with Crippen LogP contribution in [-0.4, -0.2) is 33.8 Å². The van der Waals surface area contributed by atoms with Crippen LogP contribution in [0.1, 0.15) is 25.0 Å². The first-order chi connectivity index (χ1) is 9.65. The van der Waals surface area contributed by atoms with E-state index < -0.39 is 0 Å². The molecule has 0 aliphatic carbocycles. The lowest BCUT2D eigenvalue weighted by Gasteiger charge is -2.21. The fraction of sp³-hybridized carbons (Fsp3) is 0.533. The van der Waals surface area contributed by atoms with Gasteiger partial charge in [0.05, 0.1) is 16.2 Å². The van der Waals surface area contributed by atoms with Gasteiger partial charge in [-0.15, -0.1) is 0 Å². The molecule has 1 aliphatic rings. The molecule has 0 bridgehead atoms. The zero-order valence-electron chi connectivity index (χ0n) is 11.8. The van der Waals surface area contributed by atoms with E-state index in [9.17, 15) is 0 Å². The molecule has 20 heavy (non-hydrogen) atoms. The third kappa shape index (κ3) is 2.68. The second-order valence-electron chi connectivity index (χ2n) is 5.70. The van der Waals surface area contributed by atoms with Crippen molar-refractivity contribution < 1.29 is 0 Å². The normalized spacial score (nSPS) is 21.2. The minimum absolute atomic E-state index is 0.281. The van der Waals surface area contributed by atoms with Crippen LogP contribution in [0.25, 0.3) is 10.9 Å². The van der Waals surface area contributed by atoms with Crippen LogP contribution < -0.4 is 5.73 Å². The van der Waals surface area contributed by atoms with Gasteiger partial charge in [0, 0.05) is 31.6 Å². The Hall–Kier alpha value is -1.10. The van der Waals surface area contributed by atoms with E-state index in [2.05, 4.69) is 16.1 Å². The van der Waals surface area contributed by atoms with E-state index in [1.807, 2.05) is 23.9 Å². The number of likely N-dealkylation sites (tertiary alicyclic amines) is 1. The zero-order valence-corrected chi connectivity index (χ0v) is 12.6. The maximum absolute atomic E-state index is 6.36. The predicted molar refractivity (Wildman–Crippen MR) is 82.8 cm³/mol. The van der Waals surface area contributed by atoms with Crippen molar-refractivity contribution in [2.24, 2.45) is 12.8 Å². The molecule has 2 N–H and O–H groups in total. The molecule has 108 valence electrons. The number of aromatic nitrogens is 2. The smallest absolute Gasteiger partial charge is 0.0858 e. The lowest BCUT2D eigenvalue weighted by molar-refractivity contribution is 0.262. The van der Waals surface area contributed by atoms with Crippen LogP contribution in [0.2, 0.25) is 5.02 Å². The van der Waals surface area contributed by atoms with Gasteiger partial charge in [0.1, 0.15) is 0 Å². The highest BCUT2D eigenvalue weighted by Gasteiger charge is 2.19. The van der Waals surface area contributed by atoms with E-state index in [1.54, 1.807) is 0 Å². The molecule has 0 saturated carbocycles. The zero-order chi connectivity index (χ0) is 14.1. The van der Waals surface area contributed by atoms with Crippen LogP contribution in [0, 0.1) is 0 Å². The van der Waals surface area contributed by atoms with Gasteiger partial charge in [0.15, 0.2) is 0 Å². The quantitative estimate of drug-likeness (QED) is 0.925. The topological polar surface area (TPSA) is 47.1 Å². The fourth-order valence-corrected chi connectivity index (χ4v) is 3.35. The molecule has 0 unspecified atom stereocenters. The lowest BCUT2D eigenvalue weighted by Crippen LogP contribution is -2.35. The molecule has 1 aliphatic heterocycles. The van der Waals surface area contributed by atoms with Crippen molar-refractivity contribution in [1.29, 1.82) is 0 Å². The average molecular weight is 293 g/mol. The Labute approximate surface area is 124 Å². The first kappa shape index (κ1) is 13.9. The highest BCUT2D eigenvalue weighted by molar-refractivity contribution is 6.35. The summed E-state index contributed by atoms with van der Waals surface area (Å²) in [5.74, 6) is 0. The fourth-order valence-electron chi connectivity index (χ4n) is 3.08. The molecule has 1 aromatic heterocycles. The number of rotatable bonds is 2. The van der Waals surface area contributed by atoms with Crippen LogP contribution in [0.5, 0.6) is 0 Å². The minimum Gasteiger partial charge on any atom is -0.327 e. The number of hydrogen-bond acceptors (Lipinski definition) is 3. The number of benzene rings is 1. The largest absolute Gasteiger partial charge is 0.327 e. The highest BCUT2D eigenvalue weighted by Crippen LogP contribution is 2.27. The molecule has 2 aromatic rings. The van der Waals surface area contributed by atoms with Gasteiger partial charge in [0.2, 0.25) is 0 Å². The maximum atomic E-state index is 6.36. The Balaban J connectivity index is 1.90. The molecule has 0 radical (unpaired) electrons. The summed E-state index contributed by atoms with van der Waals surface area (Å²) < 4.78 is 1.91. The van der Waals surface area contributed by atoms with Crippen molar-refractivity contribution in [1.82, 2.24) is 14.7 Å². The average Bonchev–Trinajstić information content (AvgIpc) is 2.59. The van der Waals surface area contributed by atoms with E-state index in [1.165, 1.54) is 12.8 Å². The Morgan fingerprint density at radius 1 is 1.40 bits per heavy atom. The molecular formula is C15H21ClN4. The monoisotopic (exact) mass is 292 g/mol. The van der Waals surface area contributed by atoms with Crippen molar-refractivity contribution in [3.05, 3.63) is 28.9 Å². The molecule has 0 spiro atoms. The molecule has 0 amide bonds. The van der Waals surface area contributed by atoms with Crippen LogP contribution in [0.3, 0.4) is 0 Å². The summed E-state index contributed by atoms with van der Waals surface area (Å²) in [6.45, 7) is 2.87. The summed E-state index contributed by atoms with van der Waals surface area (Å²) in [5.41, 5.74) is 8.28. The first-order valence-electron chi connectivity index (χ1n) is 7.23. The SMILES string of the molecule is Cn1nc(CN2CCCC[C@@H](N)C2)c2c(Cl)cccc21. The Morgan fingerprint density at radius 3 is 3.10 bits per heavy atom. The van der Waals surface area contributed by atoms with Crippen molar-refractivity contribution in [2.45, 2.75) is 31.8 Å². The van der Waals surface area contributed by atoms with E-state index in [4.69, 9.17) is 17.3 Å². The number of aryl methyl sites for hydroxylation is 1. The lowest BCUT2D eigenvalue weighted by atomic mass is 10.1. The Bertz CT molecular complexity index is 607. The molecule has 3 rings (SSSR count). The summed E-state index contributed by atoms with van der Waals surface area (Å²) >= 11 is 6.36. The minimum atomic E-state index is 0.281. The van der Waals surface area contributed by atoms with Crippen molar-refractivity contribution in [2.75, 3.05) is 13.1 Å². The first-order valence-corrected chi connectivity index (χ1v) is 7.61. The summed E-state index contributed by atoms with van der Waals surface area (Å²) in [7, 11) is 1.97. The highest BCUT2D eigenvalue weighted by atomic mass is 35.5. The third-order valence-corrected chi connectivity index (χ3v) is 4.38. The molecule has 2 heterocycles. The standard InChI is InChI=1S/C15H21ClN4/c1-19-14-7-4-6-12(16)15(14)13(18-19)10-20-8-3-2-5-11(17)9-20/h4,6-7,11H,2-3,5,8-10,17H2,1H3/t11-/m1/s1. The van der Waals surface area contributed by atoms with Gasteiger partial charge in [-0.25, -0.2) is 0 Å². The van der Waals surface area contributed by atoms with Crippen molar-refractivity contribution in [3.8, 4) is 0 Å². The van der Waals surface area contributed by atoms with Crippen LogP contribution in [0.4, 0.5) is 0 Å². The Kier molecular flexibility index (Phi) is 3.96. The van der Waals surface area contributed by atoms with Gasteiger partial charge in [-0.3, -0.25) is 9.58 Å². The van der Waals surface area contributed by atoms with E-state index in [-0.39, 0.29) is 6.04 Å². The Morgan fingerprint density at radius 2 is 2.25 bits per heavy atom. The van der Waals surface area contributed by atoms with Crippen molar-refractivity contribution >= 4 is 22.5 Å². The second kappa shape index (κ2) is 5.72. The molecule has 5 heteroatoms. The van der Waals surface area contributed by atoms with Gasteiger partial charge in [-0.1, -0.05) is 24.1 Å². The number of fused-ring (bicyclic) bond motifs is 1. The summed E-state index contributed by atoms with van der Waals surface area (Å²) in [4.78, 5) is 2.41. The predicted octanol–water partition coefficient (Wildman–Crippen LogP) is 2.54. The van der Waals surface area contributed by atoms with Crippen LogP contribution >= 0.6 is 11.6 Å². The van der Waals surface area contributed by atoms with E-state index >= 15 is 0 Å². The molecule has 4 nitrogen and oxygen atoms in total. The molecule has 1 fully saturated rings. The van der Waals surface area contributed by atoms with Crippen LogP contribution in [0.15, 0.2) is 18.2 Å². The third-order valence-electron chi connectivity index (χ3n) is 4.06. The maximum Gasteiger partial charge on any atom is 0.0858 e. The van der Waals surface area contributed by atoms with Gasteiger partial charge in [-0.05, 0) is 31.5 Å². The number of nitrogens with zero attached hydrogens (tertiary/aromatic N) is 3.